The van der Waals surface area contributed by atoms with E-state index >= 15 is 0 Å². The summed E-state index contributed by atoms with van der Waals surface area (Å²) in [6, 6.07) is 3.69. The van der Waals surface area contributed by atoms with Crippen molar-refractivity contribution in [2.75, 3.05) is 34.0 Å². The summed E-state index contributed by atoms with van der Waals surface area (Å²) in [5.41, 5.74) is 1.01. The summed E-state index contributed by atoms with van der Waals surface area (Å²) in [6.07, 6.45) is 1.92. The van der Waals surface area contributed by atoms with Crippen molar-refractivity contribution in [2.24, 2.45) is 0 Å². The third-order valence-electron chi connectivity index (χ3n) is 2.80. The summed E-state index contributed by atoms with van der Waals surface area (Å²) in [4.78, 5) is 0. The van der Waals surface area contributed by atoms with Gasteiger partial charge < -0.3 is 19.5 Å². The molecule has 0 saturated heterocycles. The number of hydrogen-bond donors (Lipinski definition) is 1. The highest BCUT2D eigenvalue weighted by Gasteiger charge is 2.12. The van der Waals surface area contributed by atoms with Gasteiger partial charge >= 0.3 is 0 Å². The Hall–Kier alpha value is -0.970. The van der Waals surface area contributed by atoms with E-state index in [0.29, 0.717) is 30.5 Å². The summed E-state index contributed by atoms with van der Waals surface area (Å²) < 4.78 is 16.2. The van der Waals surface area contributed by atoms with Crippen LogP contribution in [-0.2, 0) is 11.3 Å². The SMILES string of the molecule is CCCNCc1cc(Cl)cc(OC)c1OCCCOC. The van der Waals surface area contributed by atoms with Gasteiger partial charge in [-0.1, -0.05) is 18.5 Å². The van der Waals surface area contributed by atoms with Crippen molar-refractivity contribution in [2.45, 2.75) is 26.3 Å². The Morgan fingerprint density at radius 3 is 2.65 bits per heavy atom. The van der Waals surface area contributed by atoms with E-state index in [1.165, 1.54) is 0 Å². The minimum atomic E-state index is 0.590. The maximum Gasteiger partial charge on any atom is 0.165 e. The molecular weight excluding hydrogens is 278 g/mol. The van der Waals surface area contributed by atoms with Crippen LogP contribution in [0.4, 0.5) is 0 Å². The molecule has 0 amide bonds. The number of methoxy groups -OCH3 is 2. The lowest BCUT2D eigenvalue weighted by atomic mass is 10.1. The molecule has 0 saturated carbocycles. The predicted molar refractivity (Wildman–Crippen MR) is 82.0 cm³/mol. The molecular formula is C15H24ClNO3. The minimum Gasteiger partial charge on any atom is -0.493 e. The van der Waals surface area contributed by atoms with Crippen LogP contribution in [0.15, 0.2) is 12.1 Å². The quantitative estimate of drug-likeness (QED) is 0.673. The van der Waals surface area contributed by atoms with Gasteiger partial charge in [0.2, 0.25) is 0 Å². The van der Waals surface area contributed by atoms with Crippen LogP contribution in [0.1, 0.15) is 25.3 Å². The first-order valence-corrected chi connectivity index (χ1v) is 7.29. The highest BCUT2D eigenvalue weighted by Crippen LogP contribution is 2.34. The van der Waals surface area contributed by atoms with Gasteiger partial charge in [0.15, 0.2) is 11.5 Å². The van der Waals surface area contributed by atoms with Gasteiger partial charge in [0.25, 0.3) is 0 Å². The fourth-order valence-corrected chi connectivity index (χ4v) is 2.08. The van der Waals surface area contributed by atoms with E-state index in [4.69, 9.17) is 25.8 Å². The number of rotatable bonds is 10. The van der Waals surface area contributed by atoms with Crippen LogP contribution in [0.3, 0.4) is 0 Å². The molecule has 1 N–H and O–H groups in total. The molecule has 0 spiro atoms. The van der Waals surface area contributed by atoms with Gasteiger partial charge in [-0.15, -0.1) is 0 Å². The smallest absolute Gasteiger partial charge is 0.165 e. The summed E-state index contributed by atoms with van der Waals surface area (Å²) in [6.45, 7) is 5.07. The Morgan fingerprint density at radius 1 is 1.20 bits per heavy atom. The molecule has 0 aliphatic carbocycles. The normalized spacial score (nSPS) is 10.6. The Morgan fingerprint density at radius 2 is 2.00 bits per heavy atom. The predicted octanol–water partition coefficient (Wildman–Crippen LogP) is 3.26. The van der Waals surface area contributed by atoms with E-state index < -0.39 is 0 Å². The van der Waals surface area contributed by atoms with Crippen molar-refractivity contribution >= 4 is 11.6 Å². The first-order valence-electron chi connectivity index (χ1n) is 6.91. The first-order chi connectivity index (χ1) is 9.72. The largest absolute Gasteiger partial charge is 0.493 e. The van der Waals surface area contributed by atoms with Crippen LogP contribution in [0.5, 0.6) is 11.5 Å². The molecule has 0 aliphatic heterocycles. The fourth-order valence-electron chi connectivity index (χ4n) is 1.85. The summed E-state index contributed by atoms with van der Waals surface area (Å²) in [7, 11) is 3.31. The fraction of sp³-hybridized carbons (Fsp3) is 0.600. The summed E-state index contributed by atoms with van der Waals surface area (Å²) in [5, 5.41) is 4.01. The molecule has 4 nitrogen and oxygen atoms in total. The van der Waals surface area contributed by atoms with Crippen molar-refractivity contribution in [1.29, 1.82) is 0 Å². The van der Waals surface area contributed by atoms with Crippen molar-refractivity contribution in [3.05, 3.63) is 22.7 Å². The lowest BCUT2D eigenvalue weighted by Crippen LogP contribution is -2.15. The van der Waals surface area contributed by atoms with Gasteiger partial charge in [-0.2, -0.15) is 0 Å². The third kappa shape index (κ3) is 5.57. The van der Waals surface area contributed by atoms with E-state index in [0.717, 1.165) is 30.7 Å². The molecule has 114 valence electrons. The van der Waals surface area contributed by atoms with Gasteiger partial charge in [0.1, 0.15) is 0 Å². The molecule has 1 aromatic carbocycles. The lowest BCUT2D eigenvalue weighted by molar-refractivity contribution is 0.170. The zero-order chi connectivity index (χ0) is 14.8. The van der Waals surface area contributed by atoms with Crippen LogP contribution in [-0.4, -0.2) is 34.0 Å². The van der Waals surface area contributed by atoms with Crippen molar-refractivity contribution in [3.8, 4) is 11.5 Å². The Kier molecular flexibility index (Phi) is 8.42. The van der Waals surface area contributed by atoms with Crippen molar-refractivity contribution in [1.82, 2.24) is 5.32 Å². The lowest BCUT2D eigenvalue weighted by Gasteiger charge is -2.16. The van der Waals surface area contributed by atoms with Crippen LogP contribution in [0.25, 0.3) is 0 Å². The zero-order valence-corrected chi connectivity index (χ0v) is 13.3. The Balaban J connectivity index is 2.79. The van der Waals surface area contributed by atoms with Gasteiger partial charge in [-0.3, -0.25) is 0 Å². The van der Waals surface area contributed by atoms with Crippen LogP contribution in [0.2, 0.25) is 5.02 Å². The van der Waals surface area contributed by atoms with Gasteiger partial charge in [0.05, 0.1) is 13.7 Å². The average molecular weight is 302 g/mol. The number of nitrogens with one attached hydrogen (secondary N) is 1. The monoisotopic (exact) mass is 301 g/mol. The number of halogens is 1. The van der Waals surface area contributed by atoms with Crippen LogP contribution >= 0.6 is 11.6 Å². The van der Waals surface area contributed by atoms with Gasteiger partial charge in [0, 0.05) is 43.3 Å². The molecule has 1 aromatic rings. The first kappa shape index (κ1) is 17.1. The highest BCUT2D eigenvalue weighted by molar-refractivity contribution is 6.30. The van der Waals surface area contributed by atoms with Gasteiger partial charge in [-0.25, -0.2) is 0 Å². The molecule has 20 heavy (non-hydrogen) atoms. The molecule has 0 heterocycles. The molecule has 0 bridgehead atoms. The number of benzene rings is 1. The van der Waals surface area contributed by atoms with Crippen molar-refractivity contribution < 1.29 is 14.2 Å². The van der Waals surface area contributed by atoms with E-state index in [1.807, 2.05) is 6.07 Å². The Bertz CT molecular complexity index is 399. The summed E-state index contributed by atoms with van der Waals surface area (Å²) >= 11 is 6.11. The highest BCUT2D eigenvalue weighted by atomic mass is 35.5. The topological polar surface area (TPSA) is 39.7 Å². The standard InChI is InChI=1S/C15H24ClNO3/c1-4-6-17-11-12-9-13(16)10-14(19-3)15(12)20-8-5-7-18-2/h9-10,17H,4-8,11H2,1-3H3. The molecule has 0 unspecified atom stereocenters. The maximum atomic E-state index is 6.11. The molecule has 0 radical (unpaired) electrons. The zero-order valence-electron chi connectivity index (χ0n) is 12.5. The molecule has 1 rings (SSSR count). The Labute approximate surface area is 126 Å². The minimum absolute atomic E-state index is 0.590. The van der Waals surface area contributed by atoms with Crippen molar-refractivity contribution in [3.63, 3.8) is 0 Å². The van der Waals surface area contributed by atoms with E-state index in [-0.39, 0.29) is 0 Å². The number of ether oxygens (including phenoxy) is 3. The van der Waals surface area contributed by atoms with Crippen LogP contribution < -0.4 is 14.8 Å². The van der Waals surface area contributed by atoms with Gasteiger partial charge in [-0.05, 0) is 19.0 Å². The third-order valence-corrected chi connectivity index (χ3v) is 3.02. The molecule has 0 aliphatic rings. The molecule has 0 fully saturated rings. The second-order valence-electron chi connectivity index (χ2n) is 4.47. The van der Waals surface area contributed by atoms with E-state index in [9.17, 15) is 0 Å². The molecule has 0 aromatic heterocycles. The van der Waals surface area contributed by atoms with Crippen LogP contribution in [0, 0.1) is 0 Å². The molecule has 0 atom stereocenters. The average Bonchev–Trinajstić information content (AvgIpc) is 2.45. The second kappa shape index (κ2) is 9.86. The number of hydrogen-bond acceptors (Lipinski definition) is 4. The second-order valence-corrected chi connectivity index (χ2v) is 4.90. The molecule has 5 heteroatoms. The van der Waals surface area contributed by atoms with E-state index in [1.54, 1.807) is 20.3 Å². The maximum absolute atomic E-state index is 6.11. The van der Waals surface area contributed by atoms with E-state index in [2.05, 4.69) is 12.2 Å². The summed E-state index contributed by atoms with van der Waals surface area (Å²) in [5.74, 6) is 1.43.